The lowest BCUT2D eigenvalue weighted by molar-refractivity contribution is -0.124. The van der Waals surface area contributed by atoms with Gasteiger partial charge in [-0.15, -0.1) is 0 Å². The Labute approximate surface area is 122 Å². The summed E-state index contributed by atoms with van der Waals surface area (Å²) in [7, 11) is 0. The van der Waals surface area contributed by atoms with Gasteiger partial charge in [0, 0.05) is 6.54 Å². The summed E-state index contributed by atoms with van der Waals surface area (Å²) in [4.78, 5) is 23.1. The van der Waals surface area contributed by atoms with E-state index in [0.717, 1.165) is 12.8 Å². The van der Waals surface area contributed by atoms with Gasteiger partial charge < -0.3 is 10.1 Å². The first-order chi connectivity index (χ1) is 9.06. The number of ether oxygens (including phenoxy) is 1. The zero-order valence-electron chi connectivity index (χ0n) is 10.5. The van der Waals surface area contributed by atoms with Crippen molar-refractivity contribution in [3.8, 4) is 0 Å². The van der Waals surface area contributed by atoms with Crippen LogP contribution in [0.25, 0.3) is 0 Å². The number of unbranched alkanes of at least 4 members (excludes halogenated alkanes) is 1. The van der Waals surface area contributed by atoms with Gasteiger partial charge in [-0.1, -0.05) is 42.6 Å². The number of nitrogens with one attached hydrogen (secondary N) is 1. The van der Waals surface area contributed by atoms with E-state index in [1.165, 1.54) is 12.1 Å². The number of rotatable bonds is 6. The lowest BCUT2D eigenvalue weighted by atomic mass is 10.2. The van der Waals surface area contributed by atoms with Crippen molar-refractivity contribution in [3.05, 3.63) is 33.8 Å². The van der Waals surface area contributed by atoms with E-state index in [1.54, 1.807) is 6.07 Å². The van der Waals surface area contributed by atoms with Gasteiger partial charge in [-0.3, -0.25) is 4.79 Å². The normalized spacial score (nSPS) is 10.1. The molecule has 1 rings (SSSR count). The van der Waals surface area contributed by atoms with Crippen LogP contribution in [0.15, 0.2) is 18.2 Å². The van der Waals surface area contributed by atoms with Gasteiger partial charge in [-0.2, -0.15) is 0 Å². The quantitative estimate of drug-likeness (QED) is 0.649. The second-order valence-corrected chi connectivity index (χ2v) is 4.69. The molecule has 1 N–H and O–H groups in total. The summed E-state index contributed by atoms with van der Waals surface area (Å²) in [5.41, 5.74) is 0.0761. The van der Waals surface area contributed by atoms with Crippen molar-refractivity contribution in [1.82, 2.24) is 5.32 Å². The van der Waals surface area contributed by atoms with Gasteiger partial charge in [0.15, 0.2) is 6.61 Å². The Kier molecular flexibility index (Phi) is 6.67. The summed E-state index contributed by atoms with van der Waals surface area (Å²) >= 11 is 11.7. The molecule has 19 heavy (non-hydrogen) atoms. The van der Waals surface area contributed by atoms with E-state index in [9.17, 15) is 9.59 Å². The van der Waals surface area contributed by atoms with E-state index in [-0.39, 0.29) is 28.1 Å². The molecule has 0 aliphatic carbocycles. The lowest BCUT2D eigenvalue weighted by Crippen LogP contribution is -2.29. The predicted octanol–water partition coefficient (Wildman–Crippen LogP) is 3.07. The van der Waals surface area contributed by atoms with Crippen LogP contribution in [0.4, 0.5) is 0 Å². The number of carbonyl (C=O) groups excluding carboxylic acids is 2. The fraction of sp³-hybridized carbons (Fsp3) is 0.385. The first-order valence-electron chi connectivity index (χ1n) is 5.94. The van der Waals surface area contributed by atoms with E-state index in [1.807, 2.05) is 6.92 Å². The molecule has 0 aromatic heterocycles. The molecular weight excluding hydrogens is 289 g/mol. The highest BCUT2D eigenvalue weighted by Crippen LogP contribution is 2.24. The number of halogens is 2. The SMILES string of the molecule is CCCCNC(=O)COC(=O)c1c(Cl)cccc1Cl. The van der Waals surface area contributed by atoms with Crippen LogP contribution in [0.3, 0.4) is 0 Å². The van der Waals surface area contributed by atoms with Crippen molar-refractivity contribution in [2.45, 2.75) is 19.8 Å². The Morgan fingerprint density at radius 3 is 2.47 bits per heavy atom. The molecule has 0 saturated heterocycles. The highest BCUT2D eigenvalue weighted by molar-refractivity contribution is 6.39. The van der Waals surface area contributed by atoms with E-state index in [4.69, 9.17) is 27.9 Å². The fourth-order valence-electron chi connectivity index (χ4n) is 1.35. The molecule has 0 aliphatic heterocycles. The average Bonchev–Trinajstić information content (AvgIpc) is 2.36. The van der Waals surface area contributed by atoms with Crippen LogP contribution in [-0.4, -0.2) is 25.0 Å². The lowest BCUT2D eigenvalue weighted by Gasteiger charge is -2.08. The van der Waals surface area contributed by atoms with Gasteiger partial charge in [-0.25, -0.2) is 4.79 Å². The molecule has 6 heteroatoms. The maximum Gasteiger partial charge on any atom is 0.341 e. The number of carbonyl (C=O) groups is 2. The maximum atomic E-state index is 11.7. The van der Waals surface area contributed by atoms with Crippen LogP contribution in [0, 0.1) is 0 Å². The molecule has 0 heterocycles. The van der Waals surface area contributed by atoms with E-state index in [2.05, 4.69) is 5.32 Å². The number of benzene rings is 1. The highest BCUT2D eigenvalue weighted by atomic mass is 35.5. The van der Waals surface area contributed by atoms with Gasteiger partial charge >= 0.3 is 5.97 Å². The molecule has 0 atom stereocenters. The summed E-state index contributed by atoms with van der Waals surface area (Å²) in [6, 6.07) is 4.69. The topological polar surface area (TPSA) is 55.4 Å². The Morgan fingerprint density at radius 1 is 1.26 bits per heavy atom. The van der Waals surface area contributed by atoms with Gasteiger partial charge in [0.05, 0.1) is 15.6 Å². The third kappa shape index (κ3) is 5.09. The average molecular weight is 304 g/mol. The van der Waals surface area contributed by atoms with Gasteiger partial charge in [-0.05, 0) is 18.6 Å². The minimum Gasteiger partial charge on any atom is -0.452 e. The third-order valence-electron chi connectivity index (χ3n) is 2.35. The van der Waals surface area contributed by atoms with Gasteiger partial charge in [0.1, 0.15) is 0 Å². The first kappa shape index (κ1) is 15.8. The van der Waals surface area contributed by atoms with E-state index in [0.29, 0.717) is 6.54 Å². The molecule has 0 bridgehead atoms. The Bertz CT molecular complexity index is 443. The van der Waals surface area contributed by atoms with E-state index >= 15 is 0 Å². The highest BCUT2D eigenvalue weighted by Gasteiger charge is 2.16. The third-order valence-corrected chi connectivity index (χ3v) is 2.98. The summed E-state index contributed by atoms with van der Waals surface area (Å²) in [6.07, 6.45) is 1.87. The second kappa shape index (κ2) is 8.02. The molecular formula is C13H15Cl2NO3. The summed E-state index contributed by atoms with van der Waals surface area (Å²) < 4.78 is 4.86. The van der Waals surface area contributed by atoms with E-state index < -0.39 is 5.97 Å². The maximum absolute atomic E-state index is 11.7. The van der Waals surface area contributed by atoms with Crippen molar-refractivity contribution in [2.75, 3.05) is 13.2 Å². The van der Waals surface area contributed by atoms with Crippen molar-refractivity contribution >= 4 is 35.1 Å². The Morgan fingerprint density at radius 2 is 1.89 bits per heavy atom. The van der Waals surface area contributed by atoms with Crippen LogP contribution in [0.5, 0.6) is 0 Å². The van der Waals surface area contributed by atoms with Crippen LogP contribution in [0.2, 0.25) is 10.0 Å². The minimum absolute atomic E-state index is 0.0761. The van der Waals surface area contributed by atoms with Crippen LogP contribution < -0.4 is 5.32 Å². The molecule has 0 saturated carbocycles. The second-order valence-electron chi connectivity index (χ2n) is 3.88. The smallest absolute Gasteiger partial charge is 0.341 e. The molecule has 0 fully saturated rings. The van der Waals surface area contributed by atoms with Crippen LogP contribution >= 0.6 is 23.2 Å². The Balaban J connectivity index is 2.49. The molecule has 1 aromatic carbocycles. The summed E-state index contributed by atoms with van der Waals surface area (Å²) in [5.74, 6) is -1.05. The van der Waals surface area contributed by atoms with Gasteiger partial charge in [0.2, 0.25) is 0 Å². The van der Waals surface area contributed by atoms with Crippen molar-refractivity contribution in [2.24, 2.45) is 0 Å². The van der Waals surface area contributed by atoms with Crippen molar-refractivity contribution < 1.29 is 14.3 Å². The number of esters is 1. The van der Waals surface area contributed by atoms with Crippen molar-refractivity contribution in [1.29, 1.82) is 0 Å². The molecule has 0 spiro atoms. The predicted molar refractivity (Wildman–Crippen MR) is 74.7 cm³/mol. The number of hydrogen-bond acceptors (Lipinski definition) is 3. The number of amides is 1. The minimum atomic E-state index is -0.707. The summed E-state index contributed by atoms with van der Waals surface area (Å²) in [6.45, 7) is 2.25. The zero-order chi connectivity index (χ0) is 14.3. The molecule has 0 unspecified atom stereocenters. The zero-order valence-corrected chi connectivity index (χ0v) is 12.1. The fourth-order valence-corrected chi connectivity index (χ4v) is 1.90. The molecule has 104 valence electrons. The molecule has 0 radical (unpaired) electrons. The van der Waals surface area contributed by atoms with Gasteiger partial charge in [0.25, 0.3) is 5.91 Å². The summed E-state index contributed by atoms with van der Waals surface area (Å²) in [5, 5.41) is 3.03. The first-order valence-corrected chi connectivity index (χ1v) is 6.69. The van der Waals surface area contributed by atoms with Crippen LogP contribution in [-0.2, 0) is 9.53 Å². The molecule has 1 amide bonds. The largest absolute Gasteiger partial charge is 0.452 e. The Hall–Kier alpha value is -1.26. The van der Waals surface area contributed by atoms with Crippen LogP contribution in [0.1, 0.15) is 30.1 Å². The van der Waals surface area contributed by atoms with Crippen molar-refractivity contribution in [3.63, 3.8) is 0 Å². The monoisotopic (exact) mass is 303 g/mol. The molecule has 4 nitrogen and oxygen atoms in total. The molecule has 0 aliphatic rings. The molecule has 1 aromatic rings. The number of hydrogen-bond donors (Lipinski definition) is 1. The standard InChI is InChI=1S/C13H15Cl2NO3/c1-2-3-7-16-11(17)8-19-13(18)12-9(14)5-4-6-10(12)15/h4-6H,2-3,7-8H2,1H3,(H,16,17).